The van der Waals surface area contributed by atoms with E-state index in [2.05, 4.69) is 34.6 Å². The van der Waals surface area contributed by atoms with Crippen molar-refractivity contribution in [3.63, 3.8) is 0 Å². The van der Waals surface area contributed by atoms with Crippen LogP contribution >= 0.6 is 35.6 Å². The molecule has 0 unspecified atom stereocenters. The number of morpholine rings is 1. The van der Waals surface area contributed by atoms with Crippen molar-refractivity contribution in [2.75, 3.05) is 52.5 Å². The molecule has 2 fully saturated rings. The van der Waals surface area contributed by atoms with E-state index in [0.29, 0.717) is 0 Å². The van der Waals surface area contributed by atoms with Gasteiger partial charge >= 0.3 is 0 Å². The number of rotatable bonds is 9. The Morgan fingerprint density at radius 3 is 2.68 bits per heavy atom. The topological polar surface area (TPSA) is 48.9 Å². The molecule has 0 radical (unpaired) electrons. The van der Waals surface area contributed by atoms with Crippen molar-refractivity contribution in [3.8, 4) is 0 Å². The molecule has 1 aliphatic heterocycles. The molecule has 7 heteroatoms. The van der Waals surface area contributed by atoms with E-state index in [4.69, 9.17) is 21.3 Å². The van der Waals surface area contributed by atoms with Crippen molar-refractivity contribution >= 4 is 41.5 Å². The minimum atomic E-state index is 0. The highest BCUT2D eigenvalue weighted by Gasteiger charge is 2.44. The number of hydrogen-bond donors (Lipinski definition) is 2. The standard InChI is InChI=1S/C21H33ClN4O.HI/c1-2-23-20(24-10-3-4-11-26-12-14-27-15-13-26)25-17-21(8-9-21)18-6-5-7-19(22)16-18;/h5-7,16H,2-4,8-15,17H2,1H3,(H2,23,24,25);1H. The molecule has 3 rings (SSSR count). The second-order valence-electron chi connectivity index (χ2n) is 7.57. The average Bonchev–Trinajstić information content (AvgIpc) is 3.48. The van der Waals surface area contributed by atoms with Crippen molar-refractivity contribution in [1.82, 2.24) is 15.5 Å². The van der Waals surface area contributed by atoms with Gasteiger partial charge in [0.15, 0.2) is 5.96 Å². The average molecular weight is 521 g/mol. The lowest BCUT2D eigenvalue weighted by molar-refractivity contribution is 0.0372. The first-order chi connectivity index (χ1) is 13.2. The lowest BCUT2D eigenvalue weighted by atomic mass is 9.96. The Bertz CT molecular complexity index is 618. The molecule has 0 aromatic heterocycles. The number of nitrogens with one attached hydrogen (secondary N) is 2. The van der Waals surface area contributed by atoms with Gasteiger partial charge in [-0.2, -0.15) is 0 Å². The number of halogens is 2. The first-order valence-electron chi connectivity index (χ1n) is 10.3. The maximum atomic E-state index is 6.17. The minimum Gasteiger partial charge on any atom is -0.379 e. The number of nitrogens with zero attached hydrogens (tertiary/aromatic N) is 2. The number of guanidine groups is 1. The summed E-state index contributed by atoms with van der Waals surface area (Å²) in [6.07, 6.45) is 4.74. The molecule has 0 amide bonds. The van der Waals surface area contributed by atoms with Gasteiger partial charge in [-0.3, -0.25) is 9.89 Å². The lowest BCUT2D eigenvalue weighted by Gasteiger charge is -2.26. The third kappa shape index (κ3) is 7.35. The van der Waals surface area contributed by atoms with Crippen LogP contribution < -0.4 is 10.6 Å². The van der Waals surface area contributed by atoms with E-state index in [1.165, 1.54) is 24.8 Å². The molecular formula is C21H34ClIN4O. The number of benzene rings is 1. The van der Waals surface area contributed by atoms with Crippen LogP contribution in [0.5, 0.6) is 0 Å². The quantitative estimate of drug-likeness (QED) is 0.226. The van der Waals surface area contributed by atoms with Crippen LogP contribution in [0.1, 0.15) is 38.2 Å². The Balaban J connectivity index is 0.00000280. The van der Waals surface area contributed by atoms with E-state index in [9.17, 15) is 0 Å². The highest BCUT2D eigenvalue weighted by Crippen LogP contribution is 2.48. The van der Waals surface area contributed by atoms with Crippen molar-refractivity contribution in [3.05, 3.63) is 34.9 Å². The van der Waals surface area contributed by atoms with Gasteiger partial charge in [-0.25, -0.2) is 0 Å². The Hall–Kier alpha value is -0.570. The fraction of sp³-hybridized carbons (Fsp3) is 0.667. The van der Waals surface area contributed by atoms with Gasteiger partial charge < -0.3 is 15.4 Å². The number of aliphatic imine (C=N–C) groups is 1. The molecule has 0 atom stereocenters. The summed E-state index contributed by atoms with van der Waals surface area (Å²) in [5.74, 6) is 0.928. The second-order valence-corrected chi connectivity index (χ2v) is 8.01. The summed E-state index contributed by atoms with van der Waals surface area (Å²) in [6, 6.07) is 8.25. The number of hydrogen-bond acceptors (Lipinski definition) is 3. The van der Waals surface area contributed by atoms with Crippen molar-refractivity contribution in [1.29, 1.82) is 0 Å². The third-order valence-corrected chi connectivity index (χ3v) is 5.71. The largest absolute Gasteiger partial charge is 0.379 e. The summed E-state index contributed by atoms with van der Waals surface area (Å²) in [5.41, 5.74) is 1.50. The van der Waals surface area contributed by atoms with Crippen LogP contribution in [0.15, 0.2) is 29.3 Å². The fourth-order valence-corrected chi connectivity index (χ4v) is 3.76. The van der Waals surface area contributed by atoms with E-state index in [1.54, 1.807) is 0 Å². The molecule has 158 valence electrons. The Morgan fingerprint density at radius 2 is 2.00 bits per heavy atom. The zero-order chi connectivity index (χ0) is 19.0. The van der Waals surface area contributed by atoms with Crippen LogP contribution in [-0.2, 0) is 10.2 Å². The van der Waals surface area contributed by atoms with Gasteiger partial charge in [0.25, 0.3) is 0 Å². The Labute approximate surface area is 191 Å². The summed E-state index contributed by atoms with van der Waals surface area (Å²) in [7, 11) is 0. The maximum Gasteiger partial charge on any atom is 0.191 e. The maximum absolute atomic E-state index is 6.17. The van der Waals surface area contributed by atoms with Crippen molar-refractivity contribution in [2.24, 2.45) is 4.99 Å². The predicted octanol–water partition coefficient (Wildman–Crippen LogP) is 3.66. The monoisotopic (exact) mass is 520 g/mol. The van der Waals surface area contributed by atoms with Crippen LogP contribution in [-0.4, -0.2) is 63.3 Å². The molecule has 1 aromatic carbocycles. The van der Waals surface area contributed by atoms with Gasteiger partial charge in [0.2, 0.25) is 0 Å². The van der Waals surface area contributed by atoms with Crippen LogP contribution in [0, 0.1) is 0 Å². The van der Waals surface area contributed by atoms with E-state index < -0.39 is 0 Å². The summed E-state index contributed by atoms with van der Waals surface area (Å²) >= 11 is 6.17. The van der Waals surface area contributed by atoms with Crippen LogP contribution in [0.3, 0.4) is 0 Å². The van der Waals surface area contributed by atoms with Gasteiger partial charge in [-0.05, 0) is 56.8 Å². The molecule has 2 aliphatic rings. The van der Waals surface area contributed by atoms with Gasteiger partial charge in [0, 0.05) is 36.6 Å². The Kier molecular flexibility index (Phi) is 10.3. The van der Waals surface area contributed by atoms with Gasteiger partial charge in [-0.15, -0.1) is 24.0 Å². The summed E-state index contributed by atoms with van der Waals surface area (Å²) in [6.45, 7) is 9.83. The summed E-state index contributed by atoms with van der Waals surface area (Å²) in [4.78, 5) is 7.36. The molecule has 28 heavy (non-hydrogen) atoms. The molecule has 1 aromatic rings. The predicted molar refractivity (Wildman–Crippen MR) is 128 cm³/mol. The Morgan fingerprint density at radius 1 is 1.21 bits per heavy atom. The van der Waals surface area contributed by atoms with Crippen LogP contribution in [0.25, 0.3) is 0 Å². The normalized spacial score (nSPS) is 19.0. The fourth-order valence-electron chi connectivity index (χ4n) is 3.57. The van der Waals surface area contributed by atoms with E-state index in [0.717, 1.165) is 69.9 Å². The molecular weight excluding hydrogens is 487 g/mol. The van der Waals surface area contributed by atoms with Gasteiger partial charge in [-0.1, -0.05) is 23.7 Å². The minimum absolute atomic E-state index is 0. The van der Waals surface area contributed by atoms with Crippen LogP contribution in [0.2, 0.25) is 5.02 Å². The van der Waals surface area contributed by atoms with E-state index in [1.807, 2.05) is 12.1 Å². The molecule has 5 nitrogen and oxygen atoms in total. The lowest BCUT2D eigenvalue weighted by Crippen LogP contribution is -2.39. The molecule has 2 N–H and O–H groups in total. The zero-order valence-electron chi connectivity index (χ0n) is 16.9. The van der Waals surface area contributed by atoms with Gasteiger partial charge in [0.1, 0.15) is 0 Å². The zero-order valence-corrected chi connectivity index (χ0v) is 20.0. The van der Waals surface area contributed by atoms with Crippen LogP contribution in [0.4, 0.5) is 0 Å². The van der Waals surface area contributed by atoms with Crippen molar-refractivity contribution < 1.29 is 4.74 Å². The molecule has 0 bridgehead atoms. The van der Waals surface area contributed by atoms with Gasteiger partial charge in [0.05, 0.1) is 19.8 Å². The SMILES string of the molecule is CCNC(=NCC1(c2cccc(Cl)c2)CC1)NCCCCN1CCOCC1.I. The number of unbranched alkanes of at least 4 members (excludes halogenated alkanes) is 1. The molecule has 1 saturated carbocycles. The summed E-state index contributed by atoms with van der Waals surface area (Å²) < 4.78 is 5.40. The number of ether oxygens (including phenoxy) is 1. The highest BCUT2D eigenvalue weighted by atomic mass is 127. The smallest absolute Gasteiger partial charge is 0.191 e. The van der Waals surface area contributed by atoms with E-state index >= 15 is 0 Å². The van der Waals surface area contributed by atoms with Crippen molar-refractivity contribution in [2.45, 2.75) is 38.0 Å². The molecule has 1 saturated heterocycles. The molecule has 1 aliphatic carbocycles. The second kappa shape index (κ2) is 12.2. The van der Waals surface area contributed by atoms with E-state index in [-0.39, 0.29) is 29.4 Å². The molecule has 0 spiro atoms. The third-order valence-electron chi connectivity index (χ3n) is 5.47. The first-order valence-corrected chi connectivity index (χ1v) is 10.7. The highest BCUT2D eigenvalue weighted by molar-refractivity contribution is 14.0. The summed E-state index contributed by atoms with van der Waals surface area (Å²) in [5, 5.41) is 7.68. The first kappa shape index (κ1) is 23.7. The molecule has 1 heterocycles.